The highest BCUT2D eigenvalue weighted by Crippen LogP contribution is 2.22. The van der Waals surface area contributed by atoms with Gasteiger partial charge in [0.05, 0.1) is 6.42 Å². The van der Waals surface area contributed by atoms with Gasteiger partial charge in [-0.1, -0.05) is 48.5 Å². The lowest BCUT2D eigenvalue weighted by Crippen LogP contribution is -2.48. The molecule has 1 aliphatic rings. The number of nitrogens with one attached hydrogen (secondary N) is 1. The fourth-order valence-electron chi connectivity index (χ4n) is 4.05. The second-order valence-electron chi connectivity index (χ2n) is 8.70. The molecule has 2 heterocycles. The molecule has 0 unspecified atom stereocenters. The molecule has 0 radical (unpaired) electrons. The van der Waals surface area contributed by atoms with Crippen LogP contribution in [-0.2, 0) is 22.6 Å². The van der Waals surface area contributed by atoms with Crippen molar-refractivity contribution in [3.8, 4) is 16.9 Å². The van der Waals surface area contributed by atoms with E-state index >= 15 is 0 Å². The highest BCUT2D eigenvalue weighted by molar-refractivity contribution is 5.78. The third-order valence-electron chi connectivity index (χ3n) is 6.18. The maximum absolute atomic E-state index is 12.2. The summed E-state index contributed by atoms with van der Waals surface area (Å²) in [6, 6.07) is 21.7. The topological polar surface area (TPSA) is 74.8 Å². The second-order valence-corrected chi connectivity index (χ2v) is 8.70. The minimum Gasteiger partial charge on any atom is -0.492 e. The van der Waals surface area contributed by atoms with Crippen molar-refractivity contribution in [1.29, 1.82) is 0 Å². The maximum Gasteiger partial charge on any atom is 0.226 e. The highest BCUT2D eigenvalue weighted by Gasteiger charge is 2.18. The van der Waals surface area contributed by atoms with Gasteiger partial charge >= 0.3 is 0 Å². The van der Waals surface area contributed by atoms with Gasteiger partial charge in [0.25, 0.3) is 0 Å². The first-order valence-corrected chi connectivity index (χ1v) is 12.0. The summed E-state index contributed by atoms with van der Waals surface area (Å²) >= 11 is 0. The number of hydrogen-bond acceptors (Lipinski definition) is 5. The molecule has 0 spiro atoms. The van der Waals surface area contributed by atoms with Crippen LogP contribution >= 0.6 is 0 Å². The van der Waals surface area contributed by atoms with Crippen LogP contribution < -0.4 is 10.1 Å². The smallest absolute Gasteiger partial charge is 0.226 e. The first-order chi connectivity index (χ1) is 17.1. The van der Waals surface area contributed by atoms with Crippen molar-refractivity contribution in [2.45, 2.75) is 19.9 Å². The van der Waals surface area contributed by atoms with Crippen LogP contribution in [0.1, 0.15) is 18.2 Å². The van der Waals surface area contributed by atoms with Crippen molar-refractivity contribution in [2.24, 2.45) is 0 Å². The number of carbonyl (C=O) groups excluding carboxylic acids is 2. The lowest BCUT2D eigenvalue weighted by molar-refractivity contribution is -0.130. The van der Waals surface area contributed by atoms with Crippen molar-refractivity contribution in [1.82, 2.24) is 20.1 Å². The zero-order valence-electron chi connectivity index (χ0n) is 20.2. The first-order valence-electron chi connectivity index (χ1n) is 12.0. The SMILES string of the molecule is CC(=O)N1CCN(CCOc2ccc(-c3ccc(CC(=O)NCc4ccccc4)nc3)cc2)CC1. The Kier molecular flexibility index (Phi) is 8.46. The Morgan fingerprint density at radius 3 is 2.29 bits per heavy atom. The Morgan fingerprint density at radius 1 is 0.914 bits per heavy atom. The van der Waals surface area contributed by atoms with Crippen LogP contribution in [0.15, 0.2) is 72.9 Å². The lowest BCUT2D eigenvalue weighted by Gasteiger charge is -2.34. The summed E-state index contributed by atoms with van der Waals surface area (Å²) in [4.78, 5) is 32.3. The summed E-state index contributed by atoms with van der Waals surface area (Å²) in [6.45, 7) is 6.95. The summed E-state index contributed by atoms with van der Waals surface area (Å²) in [5.74, 6) is 0.933. The molecule has 0 saturated carbocycles. The van der Waals surface area contributed by atoms with E-state index in [1.54, 1.807) is 13.1 Å². The van der Waals surface area contributed by atoms with Crippen molar-refractivity contribution in [2.75, 3.05) is 39.3 Å². The van der Waals surface area contributed by atoms with Crippen LogP contribution in [0.3, 0.4) is 0 Å². The van der Waals surface area contributed by atoms with Gasteiger partial charge in [-0.3, -0.25) is 19.5 Å². The van der Waals surface area contributed by atoms with E-state index in [-0.39, 0.29) is 18.2 Å². The van der Waals surface area contributed by atoms with Gasteiger partial charge in [-0.2, -0.15) is 0 Å². The van der Waals surface area contributed by atoms with E-state index in [4.69, 9.17) is 4.74 Å². The number of amides is 2. The van der Waals surface area contributed by atoms with E-state index in [0.29, 0.717) is 13.2 Å². The number of nitrogens with zero attached hydrogens (tertiary/aromatic N) is 3. The van der Waals surface area contributed by atoms with E-state index in [9.17, 15) is 9.59 Å². The third kappa shape index (κ3) is 7.39. The van der Waals surface area contributed by atoms with Gasteiger partial charge in [0.1, 0.15) is 12.4 Å². The molecule has 182 valence electrons. The van der Waals surface area contributed by atoms with E-state index in [0.717, 1.165) is 60.9 Å². The van der Waals surface area contributed by atoms with Gasteiger partial charge in [-0.05, 0) is 29.3 Å². The Balaban J connectivity index is 1.20. The highest BCUT2D eigenvalue weighted by atomic mass is 16.5. The van der Waals surface area contributed by atoms with Crippen LogP contribution in [0, 0.1) is 0 Å². The fraction of sp³-hybridized carbons (Fsp3) is 0.321. The van der Waals surface area contributed by atoms with Gasteiger partial charge in [-0.15, -0.1) is 0 Å². The van der Waals surface area contributed by atoms with Crippen LogP contribution in [0.25, 0.3) is 11.1 Å². The quantitative estimate of drug-likeness (QED) is 0.518. The number of ether oxygens (including phenoxy) is 1. The monoisotopic (exact) mass is 472 g/mol. The largest absolute Gasteiger partial charge is 0.492 e. The number of piperazine rings is 1. The molecular formula is C28H32N4O3. The van der Waals surface area contributed by atoms with Crippen LogP contribution in [0.4, 0.5) is 0 Å². The number of hydrogen-bond donors (Lipinski definition) is 1. The standard InChI is InChI=1S/C28H32N4O3/c1-22(33)32-15-13-31(14-16-32)17-18-35-27-11-8-24(9-12-27)25-7-10-26(29-21-25)19-28(34)30-20-23-5-3-2-4-6-23/h2-12,21H,13-20H2,1H3,(H,30,34). The minimum atomic E-state index is -0.0451. The molecular weight excluding hydrogens is 440 g/mol. The Bertz CT molecular complexity index is 1090. The Morgan fingerprint density at radius 2 is 1.63 bits per heavy atom. The molecule has 4 rings (SSSR count). The molecule has 35 heavy (non-hydrogen) atoms. The lowest BCUT2D eigenvalue weighted by atomic mass is 10.1. The molecule has 2 aromatic carbocycles. The second kappa shape index (κ2) is 12.1. The predicted molar refractivity (Wildman–Crippen MR) is 136 cm³/mol. The Hall–Kier alpha value is -3.71. The normalized spacial score (nSPS) is 13.9. The van der Waals surface area contributed by atoms with Crippen LogP contribution in [0.5, 0.6) is 5.75 Å². The van der Waals surface area contributed by atoms with Crippen molar-refractivity contribution >= 4 is 11.8 Å². The molecule has 1 N–H and O–H groups in total. The summed E-state index contributed by atoms with van der Waals surface area (Å²) in [7, 11) is 0. The number of aromatic nitrogens is 1. The summed E-state index contributed by atoms with van der Waals surface area (Å²) < 4.78 is 5.91. The molecule has 3 aromatic rings. The molecule has 7 heteroatoms. The van der Waals surface area contributed by atoms with Crippen LogP contribution in [0.2, 0.25) is 0 Å². The average molecular weight is 473 g/mol. The average Bonchev–Trinajstić information content (AvgIpc) is 2.89. The zero-order chi connectivity index (χ0) is 24.5. The molecule has 1 aromatic heterocycles. The van der Waals surface area contributed by atoms with Crippen molar-refractivity contribution < 1.29 is 14.3 Å². The molecule has 1 saturated heterocycles. The molecule has 2 amide bonds. The van der Waals surface area contributed by atoms with E-state index in [1.807, 2.05) is 71.6 Å². The Labute approximate surface area is 206 Å². The third-order valence-corrected chi connectivity index (χ3v) is 6.18. The minimum absolute atomic E-state index is 0.0451. The maximum atomic E-state index is 12.2. The molecule has 0 bridgehead atoms. The van der Waals surface area contributed by atoms with Gasteiger partial charge in [0.15, 0.2) is 0 Å². The van der Waals surface area contributed by atoms with Gasteiger partial charge < -0.3 is 15.0 Å². The summed E-state index contributed by atoms with van der Waals surface area (Å²) in [6.07, 6.45) is 2.06. The van der Waals surface area contributed by atoms with E-state index < -0.39 is 0 Å². The zero-order valence-corrected chi connectivity index (χ0v) is 20.2. The number of carbonyl (C=O) groups is 2. The summed E-state index contributed by atoms with van der Waals surface area (Å²) in [5.41, 5.74) is 3.85. The van der Waals surface area contributed by atoms with Crippen molar-refractivity contribution in [3.63, 3.8) is 0 Å². The van der Waals surface area contributed by atoms with Crippen molar-refractivity contribution in [3.05, 3.63) is 84.2 Å². The van der Waals surface area contributed by atoms with Crippen LogP contribution in [-0.4, -0.2) is 65.9 Å². The summed E-state index contributed by atoms with van der Waals surface area (Å²) in [5, 5.41) is 2.93. The molecule has 1 fully saturated rings. The molecule has 0 atom stereocenters. The van der Waals surface area contributed by atoms with Gasteiger partial charge in [0.2, 0.25) is 11.8 Å². The van der Waals surface area contributed by atoms with E-state index in [1.165, 1.54) is 0 Å². The molecule has 0 aliphatic carbocycles. The number of pyridine rings is 1. The molecule has 7 nitrogen and oxygen atoms in total. The van der Waals surface area contributed by atoms with E-state index in [2.05, 4.69) is 15.2 Å². The van der Waals surface area contributed by atoms with Gasteiger partial charge in [-0.25, -0.2) is 0 Å². The number of rotatable bonds is 9. The van der Waals surface area contributed by atoms with Gasteiger partial charge in [0, 0.05) is 63.6 Å². The molecule has 1 aliphatic heterocycles. The number of benzene rings is 2. The predicted octanol–water partition coefficient (Wildman–Crippen LogP) is 3.15. The fourth-order valence-corrected chi connectivity index (χ4v) is 4.05. The first kappa shape index (κ1) is 24.4.